The zero-order valence-corrected chi connectivity index (χ0v) is 14.0. The molecule has 21 heavy (non-hydrogen) atoms. The van der Waals surface area contributed by atoms with Gasteiger partial charge in [-0.05, 0) is 45.0 Å². The molecule has 1 aromatic heterocycles. The van der Waals surface area contributed by atoms with Crippen LogP contribution in [0.25, 0.3) is 11.0 Å². The van der Waals surface area contributed by atoms with Crippen molar-refractivity contribution in [1.82, 2.24) is 14.5 Å². The van der Waals surface area contributed by atoms with Crippen molar-refractivity contribution < 1.29 is 0 Å². The molecule has 1 aliphatic carbocycles. The van der Waals surface area contributed by atoms with Gasteiger partial charge in [-0.15, -0.1) is 11.6 Å². The van der Waals surface area contributed by atoms with Crippen LogP contribution in [0.15, 0.2) is 18.2 Å². The van der Waals surface area contributed by atoms with Gasteiger partial charge < -0.3 is 4.57 Å². The maximum atomic E-state index is 6.16. The highest BCUT2D eigenvalue weighted by molar-refractivity contribution is 6.31. The minimum atomic E-state index is 0.475. The molecule has 0 radical (unpaired) electrons. The summed E-state index contributed by atoms with van der Waals surface area (Å²) in [5.41, 5.74) is 2.11. The standard InChI is InChI=1S/C16H21Cl2N3/c1-11(20(2)13-4-5-13)10-21-15-9-12(18)3-6-14(15)19-16(21)7-8-17/h3,6,9,11,13H,4-5,7-8,10H2,1-2H3. The van der Waals surface area contributed by atoms with Crippen LogP contribution in [0, 0.1) is 0 Å². The summed E-state index contributed by atoms with van der Waals surface area (Å²) in [4.78, 5) is 7.19. The van der Waals surface area contributed by atoms with Crippen LogP contribution < -0.4 is 0 Å². The maximum Gasteiger partial charge on any atom is 0.111 e. The molecule has 5 heteroatoms. The molecule has 0 N–H and O–H groups in total. The van der Waals surface area contributed by atoms with Crippen LogP contribution in [0.1, 0.15) is 25.6 Å². The van der Waals surface area contributed by atoms with Gasteiger partial charge in [0.2, 0.25) is 0 Å². The number of nitrogens with zero attached hydrogens (tertiary/aromatic N) is 3. The zero-order valence-electron chi connectivity index (χ0n) is 12.5. The van der Waals surface area contributed by atoms with Crippen molar-refractivity contribution in [2.45, 2.75) is 44.8 Å². The van der Waals surface area contributed by atoms with Gasteiger partial charge in [0.25, 0.3) is 0 Å². The first-order chi connectivity index (χ1) is 10.1. The van der Waals surface area contributed by atoms with E-state index in [2.05, 4.69) is 23.4 Å². The van der Waals surface area contributed by atoms with Gasteiger partial charge in [-0.25, -0.2) is 4.98 Å². The SMILES string of the molecule is CC(Cn1c(CCCl)nc2ccc(Cl)cc21)N(C)C1CC1. The molecule has 1 heterocycles. The van der Waals surface area contributed by atoms with Gasteiger partial charge in [0.15, 0.2) is 0 Å². The largest absolute Gasteiger partial charge is 0.326 e. The first-order valence-electron chi connectivity index (χ1n) is 7.52. The normalized spacial score (nSPS) is 16.8. The van der Waals surface area contributed by atoms with Gasteiger partial charge in [-0.3, -0.25) is 4.90 Å². The van der Waals surface area contributed by atoms with E-state index in [0.29, 0.717) is 11.9 Å². The molecule has 0 aliphatic heterocycles. The van der Waals surface area contributed by atoms with Crippen molar-refractivity contribution in [2.24, 2.45) is 0 Å². The summed E-state index contributed by atoms with van der Waals surface area (Å²) in [5, 5.41) is 0.754. The van der Waals surface area contributed by atoms with E-state index < -0.39 is 0 Å². The fraction of sp³-hybridized carbons (Fsp3) is 0.562. The van der Waals surface area contributed by atoms with Gasteiger partial charge in [0, 0.05) is 36.0 Å². The van der Waals surface area contributed by atoms with Crippen LogP contribution in [-0.2, 0) is 13.0 Å². The van der Waals surface area contributed by atoms with Crippen LogP contribution in [0.3, 0.4) is 0 Å². The molecular weight excluding hydrogens is 305 g/mol. The number of halogens is 2. The van der Waals surface area contributed by atoms with Crippen molar-refractivity contribution in [1.29, 1.82) is 0 Å². The zero-order chi connectivity index (χ0) is 15.0. The minimum Gasteiger partial charge on any atom is -0.326 e. The lowest BCUT2D eigenvalue weighted by molar-refractivity contribution is 0.226. The van der Waals surface area contributed by atoms with Crippen molar-refractivity contribution in [2.75, 3.05) is 12.9 Å². The molecule has 0 bridgehead atoms. The third-order valence-electron chi connectivity index (χ3n) is 4.37. The number of imidazole rings is 1. The van der Waals surface area contributed by atoms with Gasteiger partial charge in [0.05, 0.1) is 11.0 Å². The molecule has 1 saturated carbocycles. The average molecular weight is 326 g/mol. The lowest BCUT2D eigenvalue weighted by atomic mass is 10.2. The lowest BCUT2D eigenvalue weighted by Crippen LogP contribution is -2.34. The van der Waals surface area contributed by atoms with Crippen LogP contribution >= 0.6 is 23.2 Å². The summed E-state index contributed by atoms with van der Waals surface area (Å²) in [6.45, 7) is 3.20. The molecule has 0 amide bonds. The molecule has 1 fully saturated rings. The smallest absolute Gasteiger partial charge is 0.111 e. The van der Waals surface area contributed by atoms with E-state index in [-0.39, 0.29) is 0 Å². The number of hydrogen-bond donors (Lipinski definition) is 0. The van der Waals surface area contributed by atoms with E-state index in [1.54, 1.807) is 0 Å². The van der Waals surface area contributed by atoms with Gasteiger partial charge in [-0.1, -0.05) is 11.6 Å². The fourth-order valence-electron chi connectivity index (χ4n) is 2.86. The molecule has 114 valence electrons. The van der Waals surface area contributed by atoms with Gasteiger partial charge >= 0.3 is 0 Å². The Labute approximate surface area is 135 Å². The van der Waals surface area contributed by atoms with Crippen molar-refractivity contribution in [3.63, 3.8) is 0 Å². The number of likely N-dealkylation sites (N-methyl/N-ethyl adjacent to an activating group) is 1. The Morgan fingerprint density at radius 3 is 2.86 bits per heavy atom. The number of alkyl halides is 1. The molecule has 1 aromatic carbocycles. The van der Waals surface area contributed by atoms with Crippen molar-refractivity contribution in [3.8, 4) is 0 Å². The Hall–Kier alpha value is -0.770. The Morgan fingerprint density at radius 1 is 1.43 bits per heavy atom. The molecule has 1 aliphatic rings. The molecule has 1 atom stereocenters. The number of benzene rings is 1. The molecule has 3 nitrogen and oxygen atoms in total. The highest BCUT2D eigenvalue weighted by Crippen LogP contribution is 2.28. The Morgan fingerprint density at radius 2 is 2.19 bits per heavy atom. The first kappa shape index (κ1) is 15.1. The minimum absolute atomic E-state index is 0.475. The number of aryl methyl sites for hydroxylation is 1. The molecular formula is C16H21Cl2N3. The second-order valence-corrected chi connectivity index (χ2v) is 6.77. The summed E-state index contributed by atoms with van der Waals surface area (Å²) < 4.78 is 2.28. The van der Waals surface area contributed by atoms with Gasteiger partial charge in [-0.2, -0.15) is 0 Å². The number of hydrogen-bond acceptors (Lipinski definition) is 2. The Balaban J connectivity index is 1.93. The summed E-state index contributed by atoms with van der Waals surface area (Å²) in [5.74, 6) is 1.64. The predicted molar refractivity (Wildman–Crippen MR) is 89.4 cm³/mol. The number of fused-ring (bicyclic) bond motifs is 1. The van der Waals surface area contributed by atoms with Crippen LogP contribution in [0.4, 0.5) is 0 Å². The van der Waals surface area contributed by atoms with Gasteiger partial charge in [0.1, 0.15) is 5.82 Å². The third-order valence-corrected chi connectivity index (χ3v) is 4.80. The fourth-order valence-corrected chi connectivity index (χ4v) is 3.19. The summed E-state index contributed by atoms with van der Waals surface area (Å²) in [6.07, 6.45) is 3.44. The van der Waals surface area contributed by atoms with Crippen molar-refractivity contribution in [3.05, 3.63) is 29.0 Å². The number of aromatic nitrogens is 2. The van der Waals surface area contributed by atoms with E-state index >= 15 is 0 Å². The highest BCUT2D eigenvalue weighted by atomic mass is 35.5. The quantitative estimate of drug-likeness (QED) is 0.750. The summed E-state index contributed by atoms with van der Waals surface area (Å²) in [6, 6.07) is 7.12. The van der Waals surface area contributed by atoms with E-state index in [4.69, 9.17) is 28.2 Å². The maximum absolute atomic E-state index is 6.16. The Kier molecular flexibility index (Phi) is 4.43. The van der Waals surface area contributed by atoms with Crippen LogP contribution in [0.5, 0.6) is 0 Å². The summed E-state index contributed by atoms with van der Waals surface area (Å²) in [7, 11) is 2.22. The predicted octanol–water partition coefficient (Wildman–Crippen LogP) is 3.95. The van der Waals surface area contributed by atoms with Crippen molar-refractivity contribution >= 4 is 34.2 Å². The van der Waals surface area contributed by atoms with E-state index in [0.717, 1.165) is 40.9 Å². The summed E-state index contributed by atoms with van der Waals surface area (Å²) >= 11 is 12.1. The molecule has 0 spiro atoms. The number of rotatable bonds is 6. The molecule has 1 unspecified atom stereocenters. The van der Waals surface area contributed by atoms with E-state index in [1.807, 2.05) is 18.2 Å². The Bertz CT molecular complexity index is 634. The molecule has 0 saturated heterocycles. The monoisotopic (exact) mass is 325 g/mol. The molecule has 3 rings (SSSR count). The lowest BCUT2D eigenvalue weighted by Gasteiger charge is -2.25. The second kappa shape index (κ2) is 6.15. The van der Waals surface area contributed by atoms with E-state index in [1.165, 1.54) is 12.8 Å². The van der Waals surface area contributed by atoms with E-state index in [9.17, 15) is 0 Å². The third kappa shape index (κ3) is 3.20. The average Bonchev–Trinajstić information content (AvgIpc) is 3.25. The second-order valence-electron chi connectivity index (χ2n) is 5.96. The van der Waals surface area contributed by atoms with Crippen LogP contribution in [0.2, 0.25) is 5.02 Å². The molecule has 2 aromatic rings. The first-order valence-corrected chi connectivity index (χ1v) is 8.44. The highest BCUT2D eigenvalue weighted by Gasteiger charge is 2.29. The van der Waals surface area contributed by atoms with Crippen LogP contribution in [-0.4, -0.2) is 39.5 Å². The topological polar surface area (TPSA) is 21.1 Å².